The number of aromatic nitrogens is 1. The first-order valence-corrected chi connectivity index (χ1v) is 8.69. The van der Waals surface area contributed by atoms with E-state index in [-0.39, 0.29) is 18.2 Å². The van der Waals surface area contributed by atoms with Crippen LogP contribution in [0.2, 0.25) is 0 Å². The third-order valence-corrected chi connectivity index (χ3v) is 4.72. The molecule has 2 saturated heterocycles. The van der Waals surface area contributed by atoms with Crippen LogP contribution in [0, 0.1) is 0 Å². The van der Waals surface area contributed by atoms with Gasteiger partial charge in [0.2, 0.25) is 0 Å². The molecule has 3 N–H and O–H groups in total. The summed E-state index contributed by atoms with van der Waals surface area (Å²) in [6.45, 7) is 3.42. The highest BCUT2D eigenvalue weighted by Gasteiger charge is 2.51. The van der Waals surface area contributed by atoms with Crippen LogP contribution in [-0.4, -0.2) is 78.3 Å². The second-order valence-corrected chi connectivity index (χ2v) is 6.44. The number of carbonyl (C=O) groups excluding carboxylic acids is 1. The maximum Gasteiger partial charge on any atom is 0.315 e. The van der Waals surface area contributed by atoms with E-state index in [0.717, 1.165) is 12.1 Å². The van der Waals surface area contributed by atoms with E-state index in [1.807, 2.05) is 37.1 Å². The second kappa shape index (κ2) is 8.09. The van der Waals surface area contributed by atoms with Gasteiger partial charge in [-0.3, -0.25) is 9.88 Å². The van der Waals surface area contributed by atoms with Crippen LogP contribution in [0.4, 0.5) is 4.79 Å². The Balaban J connectivity index is 1.64. The Morgan fingerprint density at radius 2 is 2.32 bits per heavy atom. The van der Waals surface area contributed by atoms with Crippen LogP contribution in [0.5, 0.6) is 0 Å². The molecule has 0 spiro atoms. The standard InChI is InChI=1S/C17H26N4O4/c1-3-18-17(23)20-13-12-10-24-16(25-12)14(15(13)22)21(2)9-7-11-6-4-5-8-19-11/h4-6,8,12-16,22H,3,7,9-10H2,1-2H3,(H2,18,20,23)/t12-,13-,14-,15+,16-/m1/s1. The molecule has 0 saturated carbocycles. The van der Waals surface area contributed by atoms with E-state index in [4.69, 9.17) is 9.47 Å². The molecule has 138 valence electrons. The molecule has 2 bridgehead atoms. The van der Waals surface area contributed by atoms with Crippen LogP contribution in [0.1, 0.15) is 12.6 Å². The van der Waals surface area contributed by atoms with E-state index in [1.54, 1.807) is 6.20 Å². The van der Waals surface area contributed by atoms with Gasteiger partial charge >= 0.3 is 6.03 Å². The number of hydrogen-bond donors (Lipinski definition) is 3. The monoisotopic (exact) mass is 350 g/mol. The van der Waals surface area contributed by atoms with Crippen LogP contribution < -0.4 is 10.6 Å². The average Bonchev–Trinajstić information content (AvgIpc) is 3.03. The first-order chi connectivity index (χ1) is 12.1. The van der Waals surface area contributed by atoms with Crippen molar-refractivity contribution >= 4 is 6.03 Å². The number of amides is 2. The predicted molar refractivity (Wildman–Crippen MR) is 91.0 cm³/mol. The molecule has 8 nitrogen and oxygen atoms in total. The van der Waals surface area contributed by atoms with Crippen LogP contribution in [-0.2, 0) is 15.9 Å². The van der Waals surface area contributed by atoms with Gasteiger partial charge in [0.15, 0.2) is 6.29 Å². The summed E-state index contributed by atoms with van der Waals surface area (Å²) < 4.78 is 11.6. The molecule has 2 aliphatic heterocycles. The number of fused-ring (bicyclic) bond motifs is 2. The minimum absolute atomic E-state index is 0.310. The molecule has 1 aromatic rings. The van der Waals surface area contributed by atoms with E-state index < -0.39 is 18.4 Å². The molecule has 25 heavy (non-hydrogen) atoms. The Kier molecular flexibility index (Phi) is 5.85. The molecule has 8 heteroatoms. The van der Waals surface area contributed by atoms with E-state index in [9.17, 15) is 9.90 Å². The fourth-order valence-corrected chi connectivity index (χ4v) is 3.40. The lowest BCUT2D eigenvalue weighted by atomic mass is 9.95. The van der Waals surface area contributed by atoms with E-state index >= 15 is 0 Å². The molecule has 5 atom stereocenters. The van der Waals surface area contributed by atoms with E-state index in [1.165, 1.54) is 0 Å². The zero-order chi connectivity index (χ0) is 17.8. The highest BCUT2D eigenvalue weighted by Crippen LogP contribution is 2.30. The van der Waals surface area contributed by atoms with Crippen molar-refractivity contribution in [1.29, 1.82) is 0 Å². The third kappa shape index (κ3) is 4.09. The van der Waals surface area contributed by atoms with Crippen LogP contribution in [0.3, 0.4) is 0 Å². The Labute approximate surface area is 147 Å². The summed E-state index contributed by atoms with van der Waals surface area (Å²) in [6.07, 6.45) is 0.933. The molecule has 0 radical (unpaired) electrons. The summed E-state index contributed by atoms with van der Waals surface area (Å²) in [5, 5.41) is 16.3. The molecule has 3 rings (SSSR count). The molecule has 0 aromatic carbocycles. The Hall–Kier alpha value is -1.74. The summed E-state index contributed by atoms with van der Waals surface area (Å²) in [4.78, 5) is 18.2. The topological polar surface area (TPSA) is 96.0 Å². The smallest absolute Gasteiger partial charge is 0.315 e. The van der Waals surface area contributed by atoms with Crippen molar-refractivity contribution < 1.29 is 19.4 Å². The van der Waals surface area contributed by atoms with Gasteiger partial charge in [0.25, 0.3) is 0 Å². The van der Waals surface area contributed by atoms with E-state index in [2.05, 4.69) is 15.6 Å². The highest BCUT2D eigenvalue weighted by molar-refractivity contribution is 5.74. The fourth-order valence-electron chi connectivity index (χ4n) is 3.40. The van der Waals surface area contributed by atoms with Crippen LogP contribution in [0.15, 0.2) is 24.4 Å². The predicted octanol–water partition coefficient (Wildman–Crippen LogP) is -0.272. The number of nitrogens with one attached hydrogen (secondary N) is 2. The van der Waals surface area contributed by atoms with Crippen molar-refractivity contribution in [3.05, 3.63) is 30.1 Å². The van der Waals surface area contributed by atoms with Gasteiger partial charge in [0.05, 0.1) is 24.8 Å². The molecule has 2 amide bonds. The second-order valence-electron chi connectivity index (χ2n) is 6.44. The Morgan fingerprint density at radius 3 is 3.04 bits per heavy atom. The lowest BCUT2D eigenvalue weighted by Crippen LogP contribution is -2.65. The molecule has 2 fully saturated rings. The van der Waals surface area contributed by atoms with Gasteiger partial charge in [-0.05, 0) is 26.1 Å². The first-order valence-electron chi connectivity index (χ1n) is 8.69. The number of carbonyl (C=O) groups is 1. The minimum atomic E-state index is -0.775. The van der Waals surface area contributed by atoms with Crippen molar-refractivity contribution in [2.24, 2.45) is 0 Å². The van der Waals surface area contributed by atoms with Crippen molar-refractivity contribution in [3.8, 4) is 0 Å². The van der Waals surface area contributed by atoms with Gasteiger partial charge in [0, 0.05) is 31.4 Å². The number of nitrogens with zero attached hydrogens (tertiary/aromatic N) is 2. The first kappa shape index (κ1) is 18.1. The molecular formula is C17H26N4O4. The normalized spacial score (nSPS) is 31.1. The zero-order valence-electron chi connectivity index (χ0n) is 14.6. The SMILES string of the molecule is CCNC(=O)N[C@H]1[C@H](O)[C@@H](N(C)CCc2ccccn2)[C@@H]2OC[C@H]1O2. The molecule has 0 aliphatic carbocycles. The van der Waals surface area contributed by atoms with Gasteiger partial charge in [0.1, 0.15) is 6.10 Å². The Bertz CT molecular complexity index is 573. The van der Waals surface area contributed by atoms with Gasteiger partial charge < -0.3 is 25.2 Å². The summed E-state index contributed by atoms with van der Waals surface area (Å²) in [6, 6.07) is 4.65. The lowest BCUT2D eigenvalue weighted by Gasteiger charge is -2.42. The molecule has 2 aliphatic rings. The van der Waals surface area contributed by atoms with Crippen LogP contribution in [0.25, 0.3) is 0 Å². The number of rotatable bonds is 6. The fraction of sp³-hybridized carbons (Fsp3) is 0.647. The molecule has 1 aromatic heterocycles. The number of aliphatic hydroxyl groups is 1. The van der Waals surface area contributed by atoms with Crippen molar-refractivity contribution in [1.82, 2.24) is 20.5 Å². The Morgan fingerprint density at radius 1 is 1.48 bits per heavy atom. The average molecular weight is 350 g/mol. The van der Waals surface area contributed by atoms with Crippen molar-refractivity contribution in [2.45, 2.75) is 43.9 Å². The number of ether oxygens (including phenoxy) is 2. The maximum absolute atomic E-state index is 11.9. The lowest BCUT2D eigenvalue weighted by molar-refractivity contribution is -0.177. The van der Waals surface area contributed by atoms with Crippen molar-refractivity contribution in [2.75, 3.05) is 26.7 Å². The quantitative estimate of drug-likeness (QED) is 0.654. The maximum atomic E-state index is 11.9. The van der Waals surface area contributed by atoms with Gasteiger partial charge in [-0.1, -0.05) is 6.07 Å². The van der Waals surface area contributed by atoms with Crippen molar-refractivity contribution in [3.63, 3.8) is 0 Å². The molecule has 3 heterocycles. The largest absolute Gasteiger partial charge is 0.389 e. The highest BCUT2D eigenvalue weighted by atomic mass is 16.7. The molecule has 0 unspecified atom stereocenters. The summed E-state index contributed by atoms with van der Waals surface area (Å²) in [5.74, 6) is 0. The summed E-state index contributed by atoms with van der Waals surface area (Å²) in [5.41, 5.74) is 0.989. The number of urea groups is 1. The van der Waals surface area contributed by atoms with E-state index in [0.29, 0.717) is 19.7 Å². The third-order valence-electron chi connectivity index (χ3n) is 4.72. The van der Waals surface area contributed by atoms with Gasteiger partial charge in [-0.25, -0.2) is 4.79 Å². The number of pyridine rings is 1. The van der Waals surface area contributed by atoms with Crippen LogP contribution >= 0.6 is 0 Å². The van der Waals surface area contributed by atoms with Gasteiger partial charge in [-0.15, -0.1) is 0 Å². The summed E-state index contributed by atoms with van der Waals surface area (Å²) in [7, 11) is 1.92. The van der Waals surface area contributed by atoms with Gasteiger partial charge in [-0.2, -0.15) is 0 Å². The number of likely N-dealkylation sites (N-methyl/N-ethyl adjacent to an activating group) is 1. The zero-order valence-corrected chi connectivity index (χ0v) is 14.6. The summed E-state index contributed by atoms with van der Waals surface area (Å²) >= 11 is 0. The number of hydrogen-bond acceptors (Lipinski definition) is 6. The molecular weight excluding hydrogens is 324 g/mol. The minimum Gasteiger partial charge on any atom is -0.389 e. The number of aliphatic hydroxyl groups excluding tert-OH is 1.